The third-order valence-corrected chi connectivity index (χ3v) is 4.90. The number of halogens is 3. The summed E-state index contributed by atoms with van der Waals surface area (Å²) in [5.41, 5.74) is 0.338. The average Bonchev–Trinajstić information content (AvgIpc) is 3.17. The smallest absolute Gasteiger partial charge is 0.194 e. The number of ether oxygens (including phenoxy) is 1. The van der Waals surface area contributed by atoms with E-state index in [9.17, 15) is 8.78 Å². The van der Waals surface area contributed by atoms with Crippen molar-refractivity contribution in [1.29, 1.82) is 0 Å². The van der Waals surface area contributed by atoms with Crippen molar-refractivity contribution in [2.24, 2.45) is 4.99 Å². The first-order chi connectivity index (χ1) is 12.7. The molecule has 1 unspecified atom stereocenters. The lowest BCUT2D eigenvalue weighted by molar-refractivity contribution is 0.106. The highest BCUT2D eigenvalue weighted by molar-refractivity contribution is 14.0. The second-order valence-corrected chi connectivity index (χ2v) is 6.73. The van der Waals surface area contributed by atoms with Gasteiger partial charge < -0.3 is 19.9 Å². The summed E-state index contributed by atoms with van der Waals surface area (Å²) in [7, 11) is 0. The van der Waals surface area contributed by atoms with E-state index in [-0.39, 0.29) is 29.8 Å². The molecular weight excluding hydrogens is 465 g/mol. The van der Waals surface area contributed by atoms with Crippen LogP contribution >= 0.6 is 24.0 Å². The van der Waals surface area contributed by atoms with Crippen molar-refractivity contribution in [3.8, 4) is 0 Å². The zero-order valence-electron chi connectivity index (χ0n) is 15.8. The Balaban J connectivity index is 0.00000261. The number of benzene rings is 1. The van der Waals surface area contributed by atoms with Crippen LogP contribution in [0.3, 0.4) is 0 Å². The molecular formula is C19H29F2IN4O. The van der Waals surface area contributed by atoms with Gasteiger partial charge in [0.15, 0.2) is 5.96 Å². The number of hydrogen-bond donors (Lipinski definition) is 1. The van der Waals surface area contributed by atoms with Crippen LogP contribution in [0, 0.1) is 11.6 Å². The van der Waals surface area contributed by atoms with Crippen LogP contribution < -0.4 is 10.2 Å². The molecule has 27 heavy (non-hydrogen) atoms. The molecule has 152 valence electrons. The number of nitrogens with one attached hydrogen (secondary N) is 1. The zero-order chi connectivity index (χ0) is 18.4. The van der Waals surface area contributed by atoms with Crippen LogP contribution in [-0.4, -0.2) is 62.8 Å². The van der Waals surface area contributed by atoms with Crippen molar-refractivity contribution >= 4 is 35.6 Å². The Hall–Kier alpha value is -1.16. The number of anilines is 1. The molecule has 1 aromatic rings. The maximum absolute atomic E-state index is 14.0. The van der Waals surface area contributed by atoms with E-state index in [4.69, 9.17) is 9.73 Å². The Morgan fingerprint density at radius 2 is 2.04 bits per heavy atom. The minimum atomic E-state index is -0.409. The van der Waals surface area contributed by atoms with Gasteiger partial charge in [-0.3, -0.25) is 4.99 Å². The summed E-state index contributed by atoms with van der Waals surface area (Å²) in [5.74, 6) is 0.106. The third kappa shape index (κ3) is 6.17. The topological polar surface area (TPSA) is 40.1 Å². The number of piperazine rings is 1. The molecule has 2 aliphatic heterocycles. The monoisotopic (exact) mass is 494 g/mol. The first kappa shape index (κ1) is 22.1. The Morgan fingerprint density at radius 1 is 1.26 bits per heavy atom. The minimum Gasteiger partial charge on any atom is -0.378 e. The van der Waals surface area contributed by atoms with E-state index in [1.54, 1.807) is 0 Å². The fourth-order valence-electron chi connectivity index (χ4n) is 3.50. The van der Waals surface area contributed by atoms with Gasteiger partial charge >= 0.3 is 0 Å². The summed E-state index contributed by atoms with van der Waals surface area (Å²) in [5, 5.41) is 3.34. The first-order valence-electron chi connectivity index (χ1n) is 9.52. The molecule has 2 saturated heterocycles. The van der Waals surface area contributed by atoms with E-state index in [0.29, 0.717) is 24.9 Å². The molecule has 0 aliphatic carbocycles. The van der Waals surface area contributed by atoms with Crippen LogP contribution in [0.1, 0.15) is 26.2 Å². The van der Waals surface area contributed by atoms with Crippen molar-refractivity contribution in [1.82, 2.24) is 10.2 Å². The molecule has 2 fully saturated rings. The van der Waals surface area contributed by atoms with E-state index < -0.39 is 5.82 Å². The lowest BCUT2D eigenvalue weighted by Crippen LogP contribution is -2.52. The predicted molar refractivity (Wildman–Crippen MR) is 115 cm³/mol. The van der Waals surface area contributed by atoms with Gasteiger partial charge in [0, 0.05) is 51.9 Å². The van der Waals surface area contributed by atoms with Crippen LogP contribution in [0.4, 0.5) is 14.5 Å². The molecule has 0 aromatic heterocycles. The quantitative estimate of drug-likeness (QED) is 0.388. The molecule has 1 atom stereocenters. The van der Waals surface area contributed by atoms with Crippen molar-refractivity contribution in [2.45, 2.75) is 32.3 Å². The van der Waals surface area contributed by atoms with E-state index in [2.05, 4.69) is 10.2 Å². The highest BCUT2D eigenvalue weighted by Crippen LogP contribution is 2.22. The highest BCUT2D eigenvalue weighted by Gasteiger charge is 2.22. The molecule has 0 saturated carbocycles. The van der Waals surface area contributed by atoms with Gasteiger partial charge in [-0.25, -0.2) is 8.78 Å². The molecule has 3 rings (SSSR count). The fourth-order valence-corrected chi connectivity index (χ4v) is 3.50. The number of guanidine groups is 1. The number of rotatable bonds is 5. The van der Waals surface area contributed by atoms with E-state index in [1.165, 1.54) is 12.1 Å². The SMILES string of the molecule is CCNC(=NCCC1CCCO1)N1CCN(c2cc(F)ccc2F)CC1.I. The lowest BCUT2D eigenvalue weighted by atomic mass is 10.2. The second kappa shape index (κ2) is 11.0. The molecule has 2 aliphatic rings. The summed E-state index contributed by atoms with van der Waals surface area (Å²) in [6.45, 7) is 7.18. The molecule has 0 amide bonds. The largest absolute Gasteiger partial charge is 0.378 e. The number of nitrogens with zero attached hydrogens (tertiary/aromatic N) is 3. The Labute approximate surface area is 177 Å². The lowest BCUT2D eigenvalue weighted by Gasteiger charge is -2.37. The van der Waals surface area contributed by atoms with Crippen molar-refractivity contribution in [2.75, 3.05) is 50.8 Å². The normalized spacial score (nSPS) is 20.6. The van der Waals surface area contributed by atoms with Crippen molar-refractivity contribution in [3.05, 3.63) is 29.8 Å². The molecule has 1 aromatic carbocycles. The van der Waals surface area contributed by atoms with Gasteiger partial charge in [-0.15, -0.1) is 24.0 Å². The maximum atomic E-state index is 14.0. The molecule has 8 heteroatoms. The van der Waals surface area contributed by atoms with Gasteiger partial charge in [0.1, 0.15) is 11.6 Å². The highest BCUT2D eigenvalue weighted by atomic mass is 127. The molecule has 0 spiro atoms. The summed E-state index contributed by atoms with van der Waals surface area (Å²) < 4.78 is 33.1. The number of aliphatic imine (C=N–C) groups is 1. The second-order valence-electron chi connectivity index (χ2n) is 6.73. The maximum Gasteiger partial charge on any atom is 0.194 e. The molecule has 0 radical (unpaired) electrons. The summed E-state index contributed by atoms with van der Waals surface area (Å²) in [6.07, 6.45) is 3.56. The molecule has 5 nitrogen and oxygen atoms in total. The Morgan fingerprint density at radius 3 is 2.70 bits per heavy atom. The van der Waals surface area contributed by atoms with Gasteiger partial charge in [-0.2, -0.15) is 0 Å². The van der Waals surface area contributed by atoms with E-state index in [1.807, 2.05) is 11.8 Å². The van der Waals surface area contributed by atoms with Crippen molar-refractivity contribution < 1.29 is 13.5 Å². The first-order valence-corrected chi connectivity index (χ1v) is 9.52. The average molecular weight is 494 g/mol. The predicted octanol–water partition coefficient (Wildman–Crippen LogP) is 3.24. The summed E-state index contributed by atoms with van der Waals surface area (Å²) >= 11 is 0. The van der Waals surface area contributed by atoms with Gasteiger partial charge in [-0.05, 0) is 38.3 Å². The van der Waals surface area contributed by atoms with Gasteiger partial charge in [0.05, 0.1) is 11.8 Å². The van der Waals surface area contributed by atoms with E-state index >= 15 is 0 Å². The van der Waals surface area contributed by atoms with Gasteiger partial charge in [0.25, 0.3) is 0 Å². The molecule has 2 heterocycles. The van der Waals surface area contributed by atoms with Crippen LogP contribution in [0.2, 0.25) is 0 Å². The Kier molecular flexibility index (Phi) is 9.01. The minimum absolute atomic E-state index is 0. The van der Waals surface area contributed by atoms with Crippen LogP contribution in [0.5, 0.6) is 0 Å². The standard InChI is InChI=1S/C19H28F2N4O.HI/c1-2-22-19(23-8-7-16-4-3-13-26-16)25-11-9-24(10-12-25)18-14-15(20)5-6-17(18)21;/h5-6,14,16H,2-4,7-13H2,1H3,(H,22,23);1H. The zero-order valence-corrected chi connectivity index (χ0v) is 18.1. The van der Waals surface area contributed by atoms with Crippen LogP contribution in [0.25, 0.3) is 0 Å². The summed E-state index contributed by atoms with van der Waals surface area (Å²) in [6, 6.07) is 3.61. The van der Waals surface area contributed by atoms with Crippen molar-refractivity contribution in [3.63, 3.8) is 0 Å². The van der Waals surface area contributed by atoms with Gasteiger partial charge in [-0.1, -0.05) is 0 Å². The Bertz CT molecular complexity index is 618. The molecule has 0 bridgehead atoms. The van der Waals surface area contributed by atoms with E-state index in [0.717, 1.165) is 64.1 Å². The number of hydrogen-bond acceptors (Lipinski definition) is 3. The fraction of sp³-hybridized carbons (Fsp3) is 0.632. The summed E-state index contributed by atoms with van der Waals surface area (Å²) in [4.78, 5) is 8.81. The molecule has 1 N–H and O–H groups in total. The van der Waals surface area contributed by atoms with Crippen LogP contribution in [0.15, 0.2) is 23.2 Å². The van der Waals surface area contributed by atoms with Gasteiger partial charge in [0.2, 0.25) is 0 Å². The third-order valence-electron chi connectivity index (χ3n) is 4.90. The van der Waals surface area contributed by atoms with Crippen LogP contribution in [-0.2, 0) is 4.74 Å².